The zero-order valence-corrected chi connectivity index (χ0v) is 14.1. The van der Waals surface area contributed by atoms with Gasteiger partial charge in [0.2, 0.25) is 34.8 Å². The van der Waals surface area contributed by atoms with Crippen LogP contribution in [0.15, 0.2) is 41.1 Å². The molecule has 2 aromatic carbocycles. The summed E-state index contributed by atoms with van der Waals surface area (Å²) in [5.74, 6) is -11.8. The van der Waals surface area contributed by atoms with Crippen LogP contribution in [-0.2, 0) is 0 Å². The molecule has 2 nitrogen and oxygen atoms in total. The summed E-state index contributed by atoms with van der Waals surface area (Å²) in [6.07, 6.45) is 0. The molecule has 1 unspecified atom stereocenters. The van der Waals surface area contributed by atoms with E-state index in [-0.39, 0.29) is 11.8 Å². The third-order valence-corrected chi connectivity index (χ3v) is 4.36. The fourth-order valence-electron chi connectivity index (χ4n) is 2.30. The van der Waals surface area contributed by atoms with Gasteiger partial charge in [-0.1, -0.05) is 12.1 Å². The van der Waals surface area contributed by atoms with Crippen LogP contribution in [0.5, 0.6) is 11.5 Å². The smallest absolute Gasteiger partial charge is 0.207 e. The molecule has 0 radical (unpaired) electrons. The number of halogens is 5. The van der Waals surface area contributed by atoms with Gasteiger partial charge in [-0.25, -0.2) is 13.2 Å². The van der Waals surface area contributed by atoms with E-state index in [1.54, 1.807) is 23.5 Å². The van der Waals surface area contributed by atoms with E-state index in [0.29, 0.717) is 0 Å². The van der Waals surface area contributed by atoms with Crippen LogP contribution in [0.25, 0.3) is 0 Å². The zero-order valence-electron chi connectivity index (χ0n) is 13.3. The average Bonchev–Trinajstić information content (AvgIpc) is 3.15. The van der Waals surface area contributed by atoms with Gasteiger partial charge in [0.25, 0.3) is 0 Å². The van der Waals surface area contributed by atoms with Crippen LogP contribution in [0.4, 0.5) is 27.6 Å². The van der Waals surface area contributed by atoms with Crippen LogP contribution in [-0.4, -0.2) is 0 Å². The largest absolute Gasteiger partial charge is 0.451 e. The van der Waals surface area contributed by atoms with Gasteiger partial charge in [0.15, 0.2) is 0 Å². The maximum absolute atomic E-state index is 13.7. The summed E-state index contributed by atoms with van der Waals surface area (Å²) in [6, 6.07) is 7.89. The molecule has 1 N–H and O–H groups in total. The predicted molar refractivity (Wildman–Crippen MR) is 89.1 cm³/mol. The van der Waals surface area contributed by atoms with Crippen LogP contribution in [0, 0.1) is 29.1 Å². The van der Waals surface area contributed by atoms with Gasteiger partial charge in [-0.3, -0.25) is 0 Å². The molecule has 0 saturated carbocycles. The Labute approximate surface area is 149 Å². The van der Waals surface area contributed by atoms with Crippen LogP contribution in [0.1, 0.15) is 18.5 Å². The molecule has 8 heteroatoms. The van der Waals surface area contributed by atoms with Crippen molar-refractivity contribution < 1.29 is 26.7 Å². The lowest BCUT2D eigenvalue weighted by molar-refractivity contribution is 0.332. The van der Waals surface area contributed by atoms with E-state index in [0.717, 1.165) is 11.3 Å². The number of anilines is 1. The number of nitrogens with one attached hydrogen (secondary N) is 1. The van der Waals surface area contributed by atoms with E-state index in [9.17, 15) is 22.0 Å². The maximum atomic E-state index is 13.7. The highest BCUT2D eigenvalue weighted by Gasteiger charge is 2.27. The number of benzene rings is 2. The van der Waals surface area contributed by atoms with E-state index in [4.69, 9.17) is 4.74 Å². The molecule has 1 heterocycles. The number of hydrogen-bond donors (Lipinski definition) is 1. The second-order valence-electron chi connectivity index (χ2n) is 5.45. The molecule has 0 fully saturated rings. The SMILES string of the molecule is CC(Nc1ccsc1)c1ccc(Oc2c(F)c(F)c(F)c(F)c2F)cc1. The van der Waals surface area contributed by atoms with E-state index >= 15 is 0 Å². The Balaban J connectivity index is 1.80. The van der Waals surface area contributed by atoms with Crippen LogP contribution in [0.2, 0.25) is 0 Å². The Hall–Kier alpha value is -2.61. The molecule has 26 heavy (non-hydrogen) atoms. The van der Waals surface area contributed by atoms with Crippen molar-refractivity contribution in [3.05, 3.63) is 75.7 Å². The molecule has 1 atom stereocenters. The molecule has 3 rings (SSSR count). The fourth-order valence-corrected chi connectivity index (χ4v) is 2.89. The van der Waals surface area contributed by atoms with E-state index < -0.39 is 34.8 Å². The highest BCUT2D eigenvalue weighted by Crippen LogP contribution is 2.33. The minimum Gasteiger partial charge on any atom is -0.451 e. The van der Waals surface area contributed by atoms with E-state index in [2.05, 4.69) is 5.32 Å². The molecule has 1 aromatic heterocycles. The van der Waals surface area contributed by atoms with Crippen molar-refractivity contribution in [1.82, 2.24) is 0 Å². The molecule has 0 aliphatic carbocycles. The van der Waals surface area contributed by atoms with Crippen molar-refractivity contribution in [1.29, 1.82) is 0 Å². The van der Waals surface area contributed by atoms with Gasteiger partial charge in [-0.15, -0.1) is 0 Å². The molecule has 0 bridgehead atoms. The molecule has 3 aromatic rings. The second-order valence-corrected chi connectivity index (χ2v) is 6.23. The topological polar surface area (TPSA) is 21.3 Å². The Morgan fingerprint density at radius 1 is 0.846 bits per heavy atom. The number of rotatable bonds is 5. The number of hydrogen-bond acceptors (Lipinski definition) is 3. The quantitative estimate of drug-likeness (QED) is 0.311. The summed E-state index contributed by atoms with van der Waals surface area (Å²) < 4.78 is 71.6. The van der Waals surface area contributed by atoms with Crippen molar-refractivity contribution in [2.45, 2.75) is 13.0 Å². The highest BCUT2D eigenvalue weighted by molar-refractivity contribution is 7.08. The first-order valence-electron chi connectivity index (χ1n) is 7.46. The lowest BCUT2D eigenvalue weighted by atomic mass is 10.1. The van der Waals surface area contributed by atoms with Gasteiger partial charge < -0.3 is 10.1 Å². The molecule has 136 valence electrons. The fraction of sp³-hybridized carbons (Fsp3) is 0.111. The average molecular weight is 385 g/mol. The van der Waals surface area contributed by atoms with Crippen molar-refractivity contribution in [3.63, 3.8) is 0 Å². The molecule has 0 saturated heterocycles. The zero-order chi connectivity index (χ0) is 18.8. The van der Waals surface area contributed by atoms with E-state index in [1.165, 1.54) is 12.1 Å². The Morgan fingerprint density at radius 3 is 1.96 bits per heavy atom. The van der Waals surface area contributed by atoms with Crippen molar-refractivity contribution >= 4 is 17.0 Å². The molecule has 0 amide bonds. The lowest BCUT2D eigenvalue weighted by Crippen LogP contribution is -2.06. The maximum Gasteiger partial charge on any atom is 0.207 e. The Morgan fingerprint density at radius 2 is 1.42 bits per heavy atom. The van der Waals surface area contributed by atoms with Gasteiger partial charge in [0, 0.05) is 17.1 Å². The molecule has 0 aliphatic rings. The molecular weight excluding hydrogens is 373 g/mol. The van der Waals surface area contributed by atoms with Crippen LogP contribution in [0.3, 0.4) is 0 Å². The van der Waals surface area contributed by atoms with E-state index in [1.807, 2.05) is 23.8 Å². The summed E-state index contributed by atoms with van der Waals surface area (Å²) in [6.45, 7) is 1.91. The molecular formula is C18H12F5NOS. The van der Waals surface area contributed by atoms with Gasteiger partial charge in [-0.05, 0) is 36.1 Å². The normalized spacial score (nSPS) is 12.1. The minimum absolute atomic E-state index is 0.0558. The van der Waals surface area contributed by atoms with Crippen LogP contribution < -0.4 is 10.1 Å². The van der Waals surface area contributed by atoms with Gasteiger partial charge in [-0.2, -0.15) is 20.1 Å². The Kier molecular flexibility index (Phi) is 5.13. The summed E-state index contributed by atoms with van der Waals surface area (Å²) in [5, 5.41) is 7.12. The van der Waals surface area contributed by atoms with Crippen molar-refractivity contribution in [2.24, 2.45) is 0 Å². The standard InChI is InChI=1S/C18H12F5NOS/c1-9(24-11-6-7-26-8-11)10-2-4-12(5-3-10)25-18-16(22)14(20)13(19)15(21)17(18)23/h2-9,24H,1H3. The Bertz CT molecular complexity index is 883. The lowest BCUT2D eigenvalue weighted by Gasteiger charge is -2.15. The summed E-state index contributed by atoms with van der Waals surface area (Å²) >= 11 is 1.54. The first kappa shape index (κ1) is 18.2. The minimum atomic E-state index is -2.23. The third kappa shape index (κ3) is 3.50. The first-order chi connectivity index (χ1) is 12.4. The highest BCUT2D eigenvalue weighted by atomic mass is 32.1. The first-order valence-corrected chi connectivity index (χ1v) is 8.40. The number of ether oxygens (including phenoxy) is 1. The summed E-state index contributed by atoms with van der Waals surface area (Å²) in [7, 11) is 0. The second kappa shape index (κ2) is 7.33. The molecule has 0 spiro atoms. The van der Waals surface area contributed by atoms with Crippen LogP contribution >= 0.6 is 11.3 Å². The van der Waals surface area contributed by atoms with Gasteiger partial charge in [0.1, 0.15) is 5.75 Å². The van der Waals surface area contributed by atoms with Gasteiger partial charge in [0.05, 0.1) is 0 Å². The van der Waals surface area contributed by atoms with Gasteiger partial charge >= 0.3 is 0 Å². The van der Waals surface area contributed by atoms with Crippen molar-refractivity contribution in [2.75, 3.05) is 5.32 Å². The summed E-state index contributed by atoms with van der Waals surface area (Å²) in [4.78, 5) is 0. The third-order valence-electron chi connectivity index (χ3n) is 3.67. The number of thiophene rings is 1. The summed E-state index contributed by atoms with van der Waals surface area (Å²) in [5.41, 5.74) is 1.80. The monoisotopic (exact) mass is 385 g/mol. The predicted octanol–water partition coefficient (Wildman–Crippen LogP) is 6.41. The van der Waals surface area contributed by atoms with Crippen molar-refractivity contribution in [3.8, 4) is 11.5 Å². The molecule has 0 aliphatic heterocycles.